The van der Waals surface area contributed by atoms with Crippen LogP contribution in [0.15, 0.2) is 30.6 Å². The summed E-state index contributed by atoms with van der Waals surface area (Å²) in [5.74, 6) is 7.09. The summed E-state index contributed by atoms with van der Waals surface area (Å²) in [4.78, 5) is 8.27. The molecule has 0 aliphatic heterocycles. The van der Waals surface area contributed by atoms with Crippen LogP contribution in [0.4, 0.5) is 11.6 Å². The summed E-state index contributed by atoms with van der Waals surface area (Å²) in [5.41, 5.74) is 5.28. The van der Waals surface area contributed by atoms with Crippen molar-refractivity contribution >= 4 is 11.6 Å². The van der Waals surface area contributed by atoms with Crippen LogP contribution in [0, 0.1) is 0 Å². The monoisotopic (exact) mass is 271 g/mol. The molecule has 1 heterocycles. The summed E-state index contributed by atoms with van der Waals surface area (Å²) >= 11 is 0. The van der Waals surface area contributed by atoms with Crippen molar-refractivity contribution in [1.29, 1.82) is 0 Å². The number of nitrogens with zero attached hydrogens (tertiary/aromatic N) is 2. The third-order valence-electron chi connectivity index (χ3n) is 3.54. The van der Waals surface area contributed by atoms with Gasteiger partial charge in [-0.1, -0.05) is 24.3 Å². The molecule has 0 fully saturated rings. The third kappa shape index (κ3) is 2.25. The molecule has 0 bridgehead atoms. The lowest BCUT2D eigenvalue weighted by Crippen LogP contribution is -2.21. The summed E-state index contributed by atoms with van der Waals surface area (Å²) in [7, 11) is 1.58. The van der Waals surface area contributed by atoms with Gasteiger partial charge < -0.3 is 15.5 Å². The van der Waals surface area contributed by atoms with Gasteiger partial charge >= 0.3 is 0 Å². The van der Waals surface area contributed by atoms with E-state index in [0.717, 1.165) is 12.8 Å². The maximum absolute atomic E-state index is 5.42. The minimum Gasteiger partial charge on any atom is -0.490 e. The van der Waals surface area contributed by atoms with Gasteiger partial charge in [-0.15, -0.1) is 0 Å². The minimum absolute atomic E-state index is 0.307. The van der Waals surface area contributed by atoms with Gasteiger partial charge in [0.2, 0.25) is 5.75 Å². The van der Waals surface area contributed by atoms with Crippen LogP contribution in [-0.4, -0.2) is 23.1 Å². The number of hydrazine groups is 1. The van der Waals surface area contributed by atoms with Gasteiger partial charge in [0.1, 0.15) is 6.33 Å². The second-order valence-corrected chi connectivity index (χ2v) is 4.77. The fourth-order valence-electron chi connectivity index (χ4n) is 2.63. The third-order valence-corrected chi connectivity index (χ3v) is 3.54. The Morgan fingerprint density at radius 1 is 1.15 bits per heavy atom. The highest BCUT2D eigenvalue weighted by molar-refractivity contribution is 5.63. The van der Waals surface area contributed by atoms with Crippen LogP contribution in [0.1, 0.15) is 11.1 Å². The molecule has 0 saturated heterocycles. The number of hydrogen-bond donors (Lipinski definition) is 3. The molecule has 6 heteroatoms. The van der Waals surface area contributed by atoms with Gasteiger partial charge in [0, 0.05) is 6.04 Å². The number of nitrogens with two attached hydrogens (primary N) is 1. The van der Waals surface area contributed by atoms with Gasteiger partial charge in [0.25, 0.3) is 0 Å². The van der Waals surface area contributed by atoms with E-state index in [0.29, 0.717) is 23.4 Å². The Balaban J connectivity index is 1.80. The first-order chi connectivity index (χ1) is 9.81. The lowest BCUT2D eigenvalue weighted by atomic mass is 10.1. The molecule has 20 heavy (non-hydrogen) atoms. The van der Waals surface area contributed by atoms with E-state index in [-0.39, 0.29) is 0 Å². The van der Waals surface area contributed by atoms with Gasteiger partial charge in [-0.05, 0) is 24.0 Å². The van der Waals surface area contributed by atoms with Crippen LogP contribution < -0.4 is 21.3 Å². The first kappa shape index (κ1) is 12.7. The summed E-state index contributed by atoms with van der Waals surface area (Å²) in [6.07, 6.45) is 3.42. The molecule has 1 aromatic carbocycles. The van der Waals surface area contributed by atoms with Crippen molar-refractivity contribution < 1.29 is 4.74 Å². The van der Waals surface area contributed by atoms with E-state index in [1.807, 2.05) is 0 Å². The zero-order chi connectivity index (χ0) is 13.9. The van der Waals surface area contributed by atoms with E-state index in [9.17, 15) is 0 Å². The zero-order valence-electron chi connectivity index (χ0n) is 11.3. The minimum atomic E-state index is 0.307. The standard InChI is InChI=1S/C14H17N5O/c1-20-12-13(16-8-17-14(12)19-15)18-11-6-9-4-2-3-5-10(9)7-11/h2-5,8,11H,6-7,15H2,1H3,(H2,16,17,18,19). The fraction of sp³-hybridized carbons (Fsp3) is 0.286. The van der Waals surface area contributed by atoms with E-state index in [2.05, 4.69) is 45.0 Å². The molecule has 0 amide bonds. The SMILES string of the molecule is COc1c(NN)ncnc1NC1Cc2ccccc2C1. The van der Waals surface area contributed by atoms with Crippen molar-refractivity contribution in [3.63, 3.8) is 0 Å². The highest BCUT2D eigenvalue weighted by atomic mass is 16.5. The first-order valence-corrected chi connectivity index (χ1v) is 6.50. The molecular weight excluding hydrogens is 254 g/mol. The van der Waals surface area contributed by atoms with Gasteiger partial charge in [-0.2, -0.15) is 0 Å². The van der Waals surface area contributed by atoms with Gasteiger partial charge in [-0.3, -0.25) is 0 Å². The molecule has 1 aliphatic rings. The summed E-state index contributed by atoms with van der Waals surface area (Å²) in [6.45, 7) is 0. The van der Waals surface area contributed by atoms with Crippen molar-refractivity contribution in [3.8, 4) is 5.75 Å². The topological polar surface area (TPSA) is 85.1 Å². The first-order valence-electron chi connectivity index (χ1n) is 6.50. The van der Waals surface area contributed by atoms with E-state index >= 15 is 0 Å². The summed E-state index contributed by atoms with van der Waals surface area (Å²) < 4.78 is 5.32. The number of hydrogen-bond acceptors (Lipinski definition) is 6. The number of nitrogen functional groups attached to an aromatic ring is 1. The molecule has 0 saturated carbocycles. The second kappa shape index (κ2) is 5.34. The van der Waals surface area contributed by atoms with Crippen LogP contribution >= 0.6 is 0 Å². The van der Waals surface area contributed by atoms with Gasteiger partial charge in [0.15, 0.2) is 11.6 Å². The van der Waals surface area contributed by atoms with Crippen molar-refractivity contribution in [2.24, 2.45) is 5.84 Å². The lowest BCUT2D eigenvalue weighted by molar-refractivity contribution is 0.414. The van der Waals surface area contributed by atoms with Crippen molar-refractivity contribution in [3.05, 3.63) is 41.7 Å². The highest BCUT2D eigenvalue weighted by Gasteiger charge is 2.23. The second-order valence-electron chi connectivity index (χ2n) is 4.77. The Morgan fingerprint density at radius 3 is 2.40 bits per heavy atom. The Kier molecular flexibility index (Phi) is 3.39. The largest absolute Gasteiger partial charge is 0.490 e. The van der Waals surface area contributed by atoms with Crippen molar-refractivity contribution in [2.75, 3.05) is 17.9 Å². The number of benzene rings is 1. The maximum atomic E-state index is 5.42. The normalized spacial score (nSPS) is 13.9. The molecular formula is C14H17N5O. The Bertz CT molecular complexity index is 591. The van der Waals surface area contributed by atoms with Crippen LogP contribution in [0.3, 0.4) is 0 Å². The fourth-order valence-corrected chi connectivity index (χ4v) is 2.63. The molecule has 1 aliphatic carbocycles. The maximum Gasteiger partial charge on any atom is 0.205 e. The number of rotatable bonds is 4. The molecule has 2 aromatic rings. The predicted molar refractivity (Wildman–Crippen MR) is 77.7 cm³/mol. The van der Waals surface area contributed by atoms with Gasteiger partial charge in [-0.25, -0.2) is 15.8 Å². The quantitative estimate of drug-likeness (QED) is 0.575. The molecule has 104 valence electrons. The number of aromatic nitrogens is 2. The molecule has 0 spiro atoms. The van der Waals surface area contributed by atoms with Crippen LogP contribution in [0.25, 0.3) is 0 Å². The predicted octanol–water partition coefficient (Wildman–Crippen LogP) is 1.35. The molecule has 1 aromatic heterocycles. The number of anilines is 2. The van der Waals surface area contributed by atoms with Gasteiger partial charge in [0.05, 0.1) is 7.11 Å². The zero-order valence-corrected chi connectivity index (χ0v) is 11.3. The summed E-state index contributed by atoms with van der Waals surface area (Å²) in [6, 6.07) is 8.79. The average Bonchev–Trinajstić information content (AvgIpc) is 2.89. The molecule has 3 rings (SSSR count). The van der Waals surface area contributed by atoms with E-state index in [4.69, 9.17) is 10.6 Å². The van der Waals surface area contributed by atoms with Crippen molar-refractivity contribution in [2.45, 2.75) is 18.9 Å². The number of ether oxygens (including phenoxy) is 1. The number of fused-ring (bicyclic) bond motifs is 1. The van der Waals surface area contributed by atoms with Crippen molar-refractivity contribution in [1.82, 2.24) is 9.97 Å². The smallest absolute Gasteiger partial charge is 0.205 e. The lowest BCUT2D eigenvalue weighted by Gasteiger charge is -2.16. The molecule has 0 radical (unpaired) electrons. The Labute approximate surface area is 117 Å². The molecule has 0 unspecified atom stereocenters. The highest BCUT2D eigenvalue weighted by Crippen LogP contribution is 2.31. The molecule has 4 N–H and O–H groups in total. The summed E-state index contributed by atoms with van der Waals surface area (Å²) in [5, 5.41) is 3.41. The van der Waals surface area contributed by atoms with Crippen LogP contribution in [-0.2, 0) is 12.8 Å². The van der Waals surface area contributed by atoms with E-state index in [1.165, 1.54) is 17.5 Å². The van der Waals surface area contributed by atoms with E-state index < -0.39 is 0 Å². The molecule has 0 atom stereocenters. The van der Waals surface area contributed by atoms with Crippen LogP contribution in [0.2, 0.25) is 0 Å². The van der Waals surface area contributed by atoms with E-state index in [1.54, 1.807) is 7.11 Å². The Hall–Kier alpha value is -2.34. The Morgan fingerprint density at radius 2 is 1.80 bits per heavy atom. The number of nitrogens with one attached hydrogen (secondary N) is 2. The average molecular weight is 271 g/mol. The molecule has 6 nitrogen and oxygen atoms in total. The van der Waals surface area contributed by atoms with Crippen LogP contribution in [0.5, 0.6) is 5.75 Å². The number of methoxy groups -OCH3 is 1.